The van der Waals surface area contributed by atoms with Crippen molar-refractivity contribution in [3.63, 3.8) is 0 Å². The number of nitriles is 1. The second kappa shape index (κ2) is 6.05. The monoisotopic (exact) mass is 230 g/mol. The van der Waals surface area contributed by atoms with Crippen LogP contribution < -0.4 is 5.32 Å². The average molecular weight is 230 g/mol. The molecule has 0 heterocycles. The number of aryl methyl sites for hydroxylation is 1. The maximum absolute atomic E-state index is 11.9. The largest absolute Gasteiger partial charge is 0.336 e. The topological polar surface area (TPSA) is 52.9 Å². The predicted octanol–water partition coefficient (Wildman–Crippen LogP) is 2.66. The van der Waals surface area contributed by atoms with E-state index in [-0.39, 0.29) is 5.91 Å². The van der Waals surface area contributed by atoms with Crippen molar-refractivity contribution in [2.24, 2.45) is 5.92 Å². The average Bonchev–Trinajstić information content (AvgIpc) is 2.27. The van der Waals surface area contributed by atoms with Crippen LogP contribution in [0.2, 0.25) is 0 Å². The van der Waals surface area contributed by atoms with E-state index < -0.39 is 6.04 Å². The Balaban J connectivity index is 2.68. The lowest BCUT2D eigenvalue weighted by atomic mass is 10.0. The van der Waals surface area contributed by atoms with Gasteiger partial charge in [0.05, 0.1) is 6.07 Å². The highest BCUT2D eigenvalue weighted by atomic mass is 16.1. The zero-order valence-corrected chi connectivity index (χ0v) is 10.5. The van der Waals surface area contributed by atoms with E-state index >= 15 is 0 Å². The molecule has 3 nitrogen and oxygen atoms in total. The summed E-state index contributed by atoms with van der Waals surface area (Å²) in [4.78, 5) is 11.9. The third-order valence-corrected chi connectivity index (χ3v) is 2.45. The molecule has 0 fully saturated rings. The molecule has 90 valence electrons. The van der Waals surface area contributed by atoms with Crippen molar-refractivity contribution in [2.75, 3.05) is 0 Å². The van der Waals surface area contributed by atoms with Gasteiger partial charge in [-0.1, -0.05) is 31.5 Å². The number of carbonyl (C=O) groups excluding carboxylic acids is 1. The van der Waals surface area contributed by atoms with Gasteiger partial charge in [-0.2, -0.15) is 5.26 Å². The fourth-order valence-corrected chi connectivity index (χ4v) is 1.64. The van der Waals surface area contributed by atoms with Gasteiger partial charge in [-0.25, -0.2) is 0 Å². The Bertz CT molecular complexity index is 432. The molecule has 0 aliphatic rings. The van der Waals surface area contributed by atoms with Crippen LogP contribution in [0.3, 0.4) is 0 Å². The second-order valence-corrected chi connectivity index (χ2v) is 4.65. The van der Waals surface area contributed by atoms with Gasteiger partial charge in [0, 0.05) is 5.56 Å². The van der Waals surface area contributed by atoms with Gasteiger partial charge in [0.15, 0.2) is 0 Å². The van der Waals surface area contributed by atoms with Crippen LogP contribution in [0.4, 0.5) is 0 Å². The summed E-state index contributed by atoms with van der Waals surface area (Å²) in [6.07, 6.45) is 0.675. The van der Waals surface area contributed by atoms with Crippen molar-refractivity contribution < 1.29 is 4.79 Å². The molecule has 0 radical (unpaired) electrons. The number of nitrogens with one attached hydrogen (secondary N) is 1. The lowest BCUT2D eigenvalue weighted by Crippen LogP contribution is -2.34. The van der Waals surface area contributed by atoms with Crippen LogP contribution in [-0.2, 0) is 0 Å². The Kier molecular flexibility index (Phi) is 4.71. The molecule has 1 N–H and O–H groups in total. The number of rotatable bonds is 4. The highest BCUT2D eigenvalue weighted by Crippen LogP contribution is 2.07. The van der Waals surface area contributed by atoms with E-state index in [2.05, 4.69) is 11.4 Å². The quantitative estimate of drug-likeness (QED) is 0.864. The maximum Gasteiger partial charge on any atom is 0.252 e. The molecule has 0 aliphatic heterocycles. The fourth-order valence-electron chi connectivity index (χ4n) is 1.64. The molecule has 1 atom stereocenters. The summed E-state index contributed by atoms with van der Waals surface area (Å²) in [7, 11) is 0. The summed E-state index contributed by atoms with van der Waals surface area (Å²) in [5.74, 6) is 0.207. The van der Waals surface area contributed by atoms with E-state index in [0.29, 0.717) is 17.9 Å². The number of hydrogen-bond acceptors (Lipinski definition) is 2. The molecule has 17 heavy (non-hydrogen) atoms. The Morgan fingerprint density at radius 3 is 2.71 bits per heavy atom. The summed E-state index contributed by atoms with van der Waals surface area (Å²) in [5.41, 5.74) is 1.64. The first kappa shape index (κ1) is 13.2. The highest BCUT2D eigenvalue weighted by Gasteiger charge is 2.14. The fraction of sp³-hybridized carbons (Fsp3) is 0.429. The molecular formula is C14H18N2O. The smallest absolute Gasteiger partial charge is 0.252 e. The van der Waals surface area contributed by atoms with E-state index in [9.17, 15) is 4.79 Å². The van der Waals surface area contributed by atoms with E-state index in [1.54, 1.807) is 6.07 Å². The molecule has 0 aliphatic carbocycles. The molecule has 1 unspecified atom stereocenters. The first-order chi connectivity index (χ1) is 8.02. The summed E-state index contributed by atoms with van der Waals surface area (Å²) in [6.45, 7) is 6.00. The van der Waals surface area contributed by atoms with Crippen LogP contribution in [0.5, 0.6) is 0 Å². The van der Waals surface area contributed by atoms with Gasteiger partial charge in [0.2, 0.25) is 0 Å². The van der Waals surface area contributed by atoms with Crippen LogP contribution >= 0.6 is 0 Å². The third-order valence-electron chi connectivity index (χ3n) is 2.45. The SMILES string of the molecule is Cc1cccc(C(=O)NC(C#N)CC(C)C)c1. The van der Waals surface area contributed by atoms with Crippen LogP contribution in [0.25, 0.3) is 0 Å². The molecule has 0 bridgehead atoms. The van der Waals surface area contributed by atoms with E-state index in [1.807, 2.05) is 39.0 Å². The standard InChI is InChI=1S/C14H18N2O/c1-10(2)7-13(9-15)16-14(17)12-6-4-5-11(3)8-12/h4-6,8,10,13H,7H2,1-3H3,(H,16,17). The molecule has 0 aromatic heterocycles. The molecular weight excluding hydrogens is 212 g/mol. The van der Waals surface area contributed by atoms with E-state index in [4.69, 9.17) is 5.26 Å². The van der Waals surface area contributed by atoms with Gasteiger partial charge >= 0.3 is 0 Å². The molecule has 1 aromatic rings. The van der Waals surface area contributed by atoms with E-state index in [0.717, 1.165) is 5.56 Å². The lowest BCUT2D eigenvalue weighted by molar-refractivity contribution is 0.0942. The zero-order valence-electron chi connectivity index (χ0n) is 10.5. The molecule has 1 rings (SSSR count). The van der Waals surface area contributed by atoms with Crippen molar-refractivity contribution in [1.29, 1.82) is 5.26 Å². The molecule has 0 saturated carbocycles. The van der Waals surface area contributed by atoms with Crippen LogP contribution in [0, 0.1) is 24.2 Å². The summed E-state index contributed by atoms with van der Waals surface area (Å²) < 4.78 is 0. The van der Waals surface area contributed by atoms with Crippen LogP contribution in [0.15, 0.2) is 24.3 Å². The first-order valence-electron chi connectivity index (χ1n) is 5.80. The molecule has 1 amide bonds. The molecule has 0 saturated heterocycles. The van der Waals surface area contributed by atoms with Gasteiger partial charge in [-0.3, -0.25) is 4.79 Å². The predicted molar refractivity (Wildman–Crippen MR) is 67.5 cm³/mol. The zero-order chi connectivity index (χ0) is 12.8. The number of carbonyl (C=O) groups is 1. The first-order valence-corrected chi connectivity index (χ1v) is 5.80. The Hall–Kier alpha value is -1.82. The number of hydrogen-bond donors (Lipinski definition) is 1. The van der Waals surface area contributed by atoms with Crippen molar-refractivity contribution in [1.82, 2.24) is 5.32 Å². The Morgan fingerprint density at radius 1 is 1.47 bits per heavy atom. The number of benzene rings is 1. The lowest BCUT2D eigenvalue weighted by Gasteiger charge is -2.13. The summed E-state index contributed by atoms with van der Waals surface area (Å²) >= 11 is 0. The summed E-state index contributed by atoms with van der Waals surface area (Å²) in [6, 6.07) is 9.06. The third kappa shape index (κ3) is 4.28. The molecule has 3 heteroatoms. The van der Waals surface area contributed by atoms with E-state index in [1.165, 1.54) is 0 Å². The van der Waals surface area contributed by atoms with Crippen molar-refractivity contribution >= 4 is 5.91 Å². The van der Waals surface area contributed by atoms with Gasteiger partial charge < -0.3 is 5.32 Å². The minimum atomic E-state index is -0.414. The van der Waals surface area contributed by atoms with Crippen molar-refractivity contribution in [2.45, 2.75) is 33.2 Å². The summed E-state index contributed by atoms with van der Waals surface area (Å²) in [5, 5.41) is 11.7. The normalized spacial score (nSPS) is 11.9. The maximum atomic E-state index is 11.9. The minimum Gasteiger partial charge on any atom is -0.336 e. The number of amides is 1. The molecule has 1 aromatic carbocycles. The number of nitrogens with zero attached hydrogens (tertiary/aromatic N) is 1. The van der Waals surface area contributed by atoms with Gasteiger partial charge in [0.25, 0.3) is 5.91 Å². The van der Waals surface area contributed by atoms with Gasteiger partial charge in [-0.05, 0) is 31.4 Å². The van der Waals surface area contributed by atoms with Crippen LogP contribution in [-0.4, -0.2) is 11.9 Å². The Morgan fingerprint density at radius 2 is 2.18 bits per heavy atom. The Labute approximate surface area is 102 Å². The van der Waals surface area contributed by atoms with Gasteiger partial charge in [0.1, 0.15) is 6.04 Å². The highest BCUT2D eigenvalue weighted by molar-refractivity contribution is 5.94. The molecule has 0 spiro atoms. The van der Waals surface area contributed by atoms with Crippen molar-refractivity contribution in [3.05, 3.63) is 35.4 Å². The van der Waals surface area contributed by atoms with Crippen LogP contribution in [0.1, 0.15) is 36.2 Å². The minimum absolute atomic E-state index is 0.180. The second-order valence-electron chi connectivity index (χ2n) is 4.65. The van der Waals surface area contributed by atoms with Crippen molar-refractivity contribution in [3.8, 4) is 6.07 Å². The van der Waals surface area contributed by atoms with Gasteiger partial charge in [-0.15, -0.1) is 0 Å².